The summed E-state index contributed by atoms with van der Waals surface area (Å²) in [4.78, 5) is 3.93. The fourth-order valence-corrected chi connectivity index (χ4v) is 1.26. The monoisotopic (exact) mass is 189 g/mol. The molecule has 0 aliphatic carbocycles. The summed E-state index contributed by atoms with van der Waals surface area (Å²) in [5.41, 5.74) is 19.5. The zero-order valence-corrected chi connectivity index (χ0v) is 7.51. The van der Waals surface area contributed by atoms with Gasteiger partial charge in [0.15, 0.2) is 0 Å². The van der Waals surface area contributed by atoms with E-state index in [1.165, 1.54) is 0 Å². The SMILES string of the molecule is Nc1cc(N)c(-n2ccnc2)cc1N. The van der Waals surface area contributed by atoms with Gasteiger partial charge in [0.25, 0.3) is 0 Å². The van der Waals surface area contributed by atoms with Gasteiger partial charge in [0, 0.05) is 12.4 Å². The van der Waals surface area contributed by atoms with Crippen LogP contribution >= 0.6 is 0 Å². The largest absolute Gasteiger partial charge is 0.397 e. The van der Waals surface area contributed by atoms with Gasteiger partial charge in [-0.1, -0.05) is 0 Å². The predicted octanol–water partition coefficient (Wildman–Crippen LogP) is 0.619. The zero-order valence-electron chi connectivity index (χ0n) is 7.51. The minimum absolute atomic E-state index is 0.492. The second-order valence-corrected chi connectivity index (χ2v) is 3.01. The average molecular weight is 189 g/mol. The summed E-state index contributed by atoms with van der Waals surface area (Å²) in [6.07, 6.45) is 5.12. The van der Waals surface area contributed by atoms with Crippen LogP contribution in [0.3, 0.4) is 0 Å². The number of hydrogen-bond donors (Lipinski definition) is 3. The van der Waals surface area contributed by atoms with Gasteiger partial charge in [-0.2, -0.15) is 0 Å². The lowest BCUT2D eigenvalue weighted by molar-refractivity contribution is 1.06. The molecule has 0 fully saturated rings. The Balaban J connectivity index is 2.60. The van der Waals surface area contributed by atoms with E-state index in [-0.39, 0.29) is 0 Å². The molecule has 14 heavy (non-hydrogen) atoms. The van der Waals surface area contributed by atoms with Crippen molar-refractivity contribution >= 4 is 17.1 Å². The molecule has 2 aromatic rings. The first-order valence-corrected chi connectivity index (χ1v) is 4.11. The van der Waals surface area contributed by atoms with E-state index in [0.717, 1.165) is 5.69 Å². The van der Waals surface area contributed by atoms with E-state index in [4.69, 9.17) is 17.2 Å². The predicted molar refractivity (Wildman–Crippen MR) is 56.8 cm³/mol. The van der Waals surface area contributed by atoms with Crippen LogP contribution in [0.4, 0.5) is 17.1 Å². The van der Waals surface area contributed by atoms with Gasteiger partial charge in [0.2, 0.25) is 0 Å². The summed E-state index contributed by atoms with van der Waals surface area (Å²) in [5.74, 6) is 0. The third-order valence-electron chi connectivity index (χ3n) is 2.01. The Morgan fingerprint density at radius 1 is 1.00 bits per heavy atom. The molecular weight excluding hydrogens is 178 g/mol. The minimum atomic E-state index is 0.492. The molecule has 0 saturated heterocycles. The van der Waals surface area contributed by atoms with Crippen molar-refractivity contribution < 1.29 is 0 Å². The molecular formula is C9H11N5. The first-order chi connectivity index (χ1) is 6.68. The fourth-order valence-electron chi connectivity index (χ4n) is 1.26. The van der Waals surface area contributed by atoms with E-state index in [1.54, 1.807) is 35.4 Å². The van der Waals surface area contributed by atoms with Gasteiger partial charge in [-0.25, -0.2) is 4.98 Å². The number of nitrogens with two attached hydrogens (primary N) is 3. The summed E-state index contributed by atoms with van der Waals surface area (Å²) in [6, 6.07) is 3.37. The number of nitrogen functional groups attached to an aromatic ring is 3. The van der Waals surface area contributed by atoms with Crippen LogP contribution in [-0.4, -0.2) is 9.55 Å². The maximum atomic E-state index is 5.80. The van der Waals surface area contributed by atoms with Gasteiger partial charge >= 0.3 is 0 Å². The van der Waals surface area contributed by atoms with Crippen LogP contribution in [0.2, 0.25) is 0 Å². The number of imidazole rings is 1. The molecule has 0 bridgehead atoms. The molecule has 0 radical (unpaired) electrons. The van der Waals surface area contributed by atoms with Crippen molar-refractivity contribution in [2.45, 2.75) is 0 Å². The van der Waals surface area contributed by atoms with Crippen LogP contribution in [0.5, 0.6) is 0 Å². The van der Waals surface area contributed by atoms with Gasteiger partial charge in [0.05, 0.1) is 29.1 Å². The number of hydrogen-bond acceptors (Lipinski definition) is 4. The molecule has 1 aromatic heterocycles. The molecule has 0 saturated carbocycles. The van der Waals surface area contributed by atoms with Gasteiger partial charge in [0.1, 0.15) is 0 Å². The summed E-state index contributed by atoms with van der Waals surface area (Å²) in [6.45, 7) is 0. The van der Waals surface area contributed by atoms with Crippen molar-refractivity contribution in [3.8, 4) is 5.69 Å². The summed E-state index contributed by atoms with van der Waals surface area (Å²) in [7, 11) is 0. The molecule has 1 aromatic carbocycles. The topological polar surface area (TPSA) is 95.9 Å². The lowest BCUT2D eigenvalue weighted by Gasteiger charge is -2.09. The highest BCUT2D eigenvalue weighted by Gasteiger charge is 2.04. The Kier molecular flexibility index (Phi) is 1.78. The minimum Gasteiger partial charge on any atom is -0.397 e. The van der Waals surface area contributed by atoms with Gasteiger partial charge in [-0.15, -0.1) is 0 Å². The van der Waals surface area contributed by atoms with E-state index in [2.05, 4.69) is 4.98 Å². The lowest BCUT2D eigenvalue weighted by atomic mass is 10.2. The molecule has 5 heteroatoms. The van der Waals surface area contributed by atoms with Crippen LogP contribution in [0.15, 0.2) is 30.9 Å². The highest BCUT2D eigenvalue weighted by Crippen LogP contribution is 2.25. The van der Waals surface area contributed by atoms with Crippen LogP contribution in [0, 0.1) is 0 Å². The maximum Gasteiger partial charge on any atom is 0.0992 e. The van der Waals surface area contributed by atoms with Crippen LogP contribution < -0.4 is 17.2 Å². The van der Waals surface area contributed by atoms with Gasteiger partial charge in [-0.3, -0.25) is 0 Å². The standard InChI is InChI=1S/C9H11N5/c10-6-3-8(12)9(4-7(6)11)14-2-1-13-5-14/h1-5H,10-12H2. The molecule has 0 amide bonds. The molecule has 6 N–H and O–H groups in total. The Labute approximate surface area is 81.1 Å². The molecule has 5 nitrogen and oxygen atoms in total. The second-order valence-electron chi connectivity index (χ2n) is 3.01. The highest BCUT2D eigenvalue weighted by atomic mass is 15.0. The van der Waals surface area contributed by atoms with E-state index in [9.17, 15) is 0 Å². The van der Waals surface area contributed by atoms with Crippen molar-refractivity contribution in [1.82, 2.24) is 9.55 Å². The van der Waals surface area contributed by atoms with E-state index in [1.807, 2.05) is 0 Å². The van der Waals surface area contributed by atoms with Crippen LogP contribution in [0.1, 0.15) is 0 Å². The lowest BCUT2D eigenvalue weighted by Crippen LogP contribution is -2.02. The van der Waals surface area contributed by atoms with Crippen LogP contribution in [0.25, 0.3) is 5.69 Å². The van der Waals surface area contributed by atoms with Gasteiger partial charge in [-0.05, 0) is 12.1 Å². The number of rotatable bonds is 1. The first kappa shape index (κ1) is 8.43. The summed E-state index contributed by atoms with van der Waals surface area (Å²) in [5, 5.41) is 0. The van der Waals surface area contributed by atoms with Crippen molar-refractivity contribution in [3.63, 3.8) is 0 Å². The normalized spacial score (nSPS) is 10.3. The number of anilines is 3. The summed E-state index contributed by atoms with van der Waals surface area (Å²) < 4.78 is 1.78. The first-order valence-electron chi connectivity index (χ1n) is 4.11. The van der Waals surface area contributed by atoms with Crippen LogP contribution in [-0.2, 0) is 0 Å². The van der Waals surface area contributed by atoms with E-state index in [0.29, 0.717) is 17.1 Å². The second kappa shape index (κ2) is 2.95. The number of aromatic nitrogens is 2. The third-order valence-corrected chi connectivity index (χ3v) is 2.01. The molecule has 0 unspecified atom stereocenters. The molecule has 0 spiro atoms. The summed E-state index contributed by atoms with van der Waals surface area (Å²) >= 11 is 0. The van der Waals surface area contributed by atoms with Crippen molar-refractivity contribution in [2.75, 3.05) is 17.2 Å². The highest BCUT2D eigenvalue weighted by molar-refractivity contribution is 5.75. The molecule has 1 heterocycles. The maximum absolute atomic E-state index is 5.80. The van der Waals surface area contributed by atoms with Gasteiger partial charge < -0.3 is 21.8 Å². The smallest absolute Gasteiger partial charge is 0.0992 e. The number of nitrogens with zero attached hydrogens (tertiary/aromatic N) is 2. The van der Waals surface area contributed by atoms with Crippen molar-refractivity contribution in [1.29, 1.82) is 0 Å². The Bertz CT molecular complexity index is 446. The molecule has 0 atom stereocenters. The molecule has 0 aliphatic heterocycles. The quantitative estimate of drug-likeness (QED) is 0.573. The fraction of sp³-hybridized carbons (Fsp3) is 0. The van der Waals surface area contributed by atoms with Crippen molar-refractivity contribution in [3.05, 3.63) is 30.9 Å². The van der Waals surface area contributed by atoms with E-state index < -0.39 is 0 Å². The molecule has 72 valence electrons. The Morgan fingerprint density at radius 2 is 1.71 bits per heavy atom. The number of benzene rings is 1. The molecule has 0 aliphatic rings. The van der Waals surface area contributed by atoms with Crippen molar-refractivity contribution in [2.24, 2.45) is 0 Å². The van der Waals surface area contributed by atoms with E-state index >= 15 is 0 Å². The zero-order chi connectivity index (χ0) is 10.1. The third kappa shape index (κ3) is 1.24. The average Bonchev–Trinajstić information content (AvgIpc) is 2.64. The Hall–Kier alpha value is -2.17. The Morgan fingerprint density at radius 3 is 2.36 bits per heavy atom. The molecule has 2 rings (SSSR count).